The lowest BCUT2D eigenvalue weighted by Gasteiger charge is -1.72. The highest BCUT2D eigenvalue weighted by Gasteiger charge is 1.91. The van der Waals surface area contributed by atoms with Crippen molar-refractivity contribution in [3.05, 3.63) is 62.8 Å². The SMILES string of the molecule is CCC.CCC.Cn1c[n+](C)cn1.Cn1c[n+](C)cn1.Cn1cc[n+](C)c1.Cn1cc[n+](C)c1. The van der Waals surface area contributed by atoms with Gasteiger partial charge in [0.2, 0.25) is 25.3 Å². The maximum Gasteiger partial charge on any atom is 0.264 e. The molecule has 4 aromatic rings. The fourth-order valence-electron chi connectivity index (χ4n) is 2.12. The van der Waals surface area contributed by atoms with Crippen LogP contribution in [0.15, 0.2) is 62.8 Å². The first-order chi connectivity index (χ1) is 16.0. The van der Waals surface area contributed by atoms with Crippen molar-refractivity contribution >= 4 is 0 Å². The van der Waals surface area contributed by atoms with Crippen LogP contribution in [0.1, 0.15) is 40.5 Å². The van der Waals surface area contributed by atoms with E-state index in [0.717, 1.165) is 0 Å². The van der Waals surface area contributed by atoms with Crippen molar-refractivity contribution in [1.82, 2.24) is 28.7 Å². The van der Waals surface area contributed by atoms with Gasteiger partial charge in [0, 0.05) is 10.2 Å². The van der Waals surface area contributed by atoms with Crippen LogP contribution < -0.4 is 18.3 Å². The third-order valence-corrected chi connectivity index (χ3v) is 3.33. The lowest BCUT2D eigenvalue weighted by atomic mass is 10.6. The largest absolute Gasteiger partial charge is 0.264 e. The van der Waals surface area contributed by atoms with E-state index in [9.17, 15) is 0 Å². The predicted octanol–water partition coefficient (Wildman–Crippen LogP) is 1.02. The van der Waals surface area contributed by atoms with Crippen LogP contribution in [-0.4, -0.2) is 28.7 Å². The molecule has 34 heavy (non-hydrogen) atoms. The predicted molar refractivity (Wildman–Crippen MR) is 134 cm³/mol. The van der Waals surface area contributed by atoms with E-state index in [4.69, 9.17) is 0 Å². The van der Waals surface area contributed by atoms with E-state index in [1.807, 2.05) is 134 Å². The van der Waals surface area contributed by atoms with Crippen molar-refractivity contribution in [2.75, 3.05) is 0 Å². The molecule has 0 aliphatic rings. The van der Waals surface area contributed by atoms with Gasteiger partial charge in [0.15, 0.2) is 0 Å². The van der Waals surface area contributed by atoms with Gasteiger partial charge in [-0.15, -0.1) is 9.36 Å². The summed E-state index contributed by atoms with van der Waals surface area (Å²) in [6, 6.07) is 0. The van der Waals surface area contributed by atoms with Crippen molar-refractivity contribution in [3.63, 3.8) is 0 Å². The lowest BCUT2D eigenvalue weighted by molar-refractivity contribution is -0.672. The number of nitrogens with zero attached hydrogens (tertiary/aromatic N) is 10. The molecule has 4 aromatic heterocycles. The molecule has 4 heterocycles. The van der Waals surface area contributed by atoms with Crippen LogP contribution in [0, 0.1) is 0 Å². The summed E-state index contributed by atoms with van der Waals surface area (Å²) in [6.07, 6.45) is 21.8. The van der Waals surface area contributed by atoms with Crippen molar-refractivity contribution in [3.8, 4) is 0 Å². The zero-order valence-corrected chi connectivity index (χ0v) is 23.7. The number of aromatic nitrogens is 10. The average molecular weight is 479 g/mol. The molecule has 4 rings (SSSR count). The minimum Gasteiger partial charge on any atom is -0.240 e. The Morgan fingerprint density at radius 3 is 0.882 bits per heavy atom. The van der Waals surface area contributed by atoms with Crippen molar-refractivity contribution in [2.45, 2.75) is 40.5 Å². The molecule has 0 aliphatic carbocycles. The molecule has 0 saturated carbocycles. The fraction of sp³-hybridized carbons (Fsp3) is 0.583. The Hall–Kier alpha value is -3.30. The molecule has 192 valence electrons. The Bertz CT molecular complexity index is 741. The highest BCUT2D eigenvalue weighted by Crippen LogP contribution is 1.71. The average Bonchev–Trinajstić information content (AvgIpc) is 3.51. The van der Waals surface area contributed by atoms with E-state index in [1.54, 1.807) is 22.0 Å². The summed E-state index contributed by atoms with van der Waals surface area (Å²) in [6.45, 7) is 8.50. The molecule has 0 bridgehead atoms. The van der Waals surface area contributed by atoms with Crippen LogP contribution in [-0.2, 0) is 56.4 Å². The van der Waals surface area contributed by atoms with Gasteiger partial charge in [-0.25, -0.2) is 27.4 Å². The Morgan fingerprint density at radius 2 is 0.824 bits per heavy atom. The zero-order valence-electron chi connectivity index (χ0n) is 23.7. The molecule has 0 atom stereocenters. The first-order valence-electron chi connectivity index (χ1n) is 11.6. The highest BCUT2D eigenvalue weighted by atomic mass is 15.3. The first kappa shape index (κ1) is 32.9. The maximum atomic E-state index is 3.90. The van der Waals surface area contributed by atoms with E-state index in [-0.39, 0.29) is 0 Å². The summed E-state index contributed by atoms with van der Waals surface area (Å²) in [5.41, 5.74) is 0. The Morgan fingerprint density at radius 1 is 0.529 bits per heavy atom. The maximum absolute atomic E-state index is 3.90. The quantitative estimate of drug-likeness (QED) is 0.354. The molecule has 10 nitrogen and oxygen atoms in total. The van der Waals surface area contributed by atoms with Gasteiger partial charge in [-0.3, -0.25) is 0 Å². The molecular weight excluding hydrogens is 428 g/mol. The second-order valence-electron chi connectivity index (χ2n) is 8.07. The van der Waals surface area contributed by atoms with Gasteiger partial charge in [-0.1, -0.05) is 40.5 Å². The summed E-state index contributed by atoms with van der Waals surface area (Å²) in [5.74, 6) is 0. The van der Waals surface area contributed by atoms with E-state index >= 15 is 0 Å². The molecule has 0 saturated heterocycles. The summed E-state index contributed by atoms with van der Waals surface area (Å²) in [4.78, 5) is 0. The molecule has 0 amide bonds. The molecule has 0 aromatic carbocycles. The molecule has 0 unspecified atom stereocenters. The monoisotopic (exact) mass is 478 g/mol. The van der Waals surface area contributed by atoms with Gasteiger partial charge in [-0.05, 0) is 0 Å². The van der Waals surface area contributed by atoms with Crippen LogP contribution in [0.5, 0.6) is 0 Å². The molecule has 10 heteroatoms. The third kappa shape index (κ3) is 20.6. The van der Waals surface area contributed by atoms with Crippen LogP contribution in [0.25, 0.3) is 0 Å². The van der Waals surface area contributed by atoms with Crippen LogP contribution in [0.3, 0.4) is 0 Å². The number of hydrogen-bond donors (Lipinski definition) is 0. The molecule has 0 aliphatic heterocycles. The van der Waals surface area contributed by atoms with Gasteiger partial charge in [-0.2, -0.15) is 0 Å². The number of rotatable bonds is 0. The van der Waals surface area contributed by atoms with Gasteiger partial charge in [0.1, 0.15) is 24.8 Å². The van der Waals surface area contributed by atoms with Gasteiger partial charge < -0.3 is 0 Å². The van der Waals surface area contributed by atoms with Gasteiger partial charge >= 0.3 is 0 Å². The minimum absolute atomic E-state index is 1.25. The van der Waals surface area contributed by atoms with Crippen LogP contribution in [0.4, 0.5) is 0 Å². The second kappa shape index (κ2) is 20.3. The molecular formula is C24H50N10+4. The third-order valence-electron chi connectivity index (χ3n) is 3.33. The minimum atomic E-state index is 1.25. The Kier molecular flexibility index (Phi) is 19.6. The summed E-state index contributed by atoms with van der Waals surface area (Å²) in [5, 5.41) is 7.79. The lowest BCUT2D eigenvalue weighted by Crippen LogP contribution is -2.23. The number of hydrogen-bond acceptors (Lipinski definition) is 2. The fourth-order valence-corrected chi connectivity index (χ4v) is 2.12. The number of imidazole rings is 2. The molecule has 0 fully saturated rings. The summed E-state index contributed by atoms with van der Waals surface area (Å²) >= 11 is 0. The number of aryl methyl sites for hydroxylation is 8. The van der Waals surface area contributed by atoms with Crippen molar-refractivity contribution in [2.24, 2.45) is 56.4 Å². The second-order valence-corrected chi connectivity index (χ2v) is 8.07. The normalized spacial score (nSPS) is 8.82. The van der Waals surface area contributed by atoms with E-state index in [1.165, 1.54) is 12.8 Å². The van der Waals surface area contributed by atoms with E-state index in [0.29, 0.717) is 0 Å². The van der Waals surface area contributed by atoms with Crippen LogP contribution >= 0.6 is 0 Å². The molecule has 0 N–H and O–H groups in total. The Balaban J connectivity index is 0. The molecule has 0 spiro atoms. The summed E-state index contributed by atoms with van der Waals surface area (Å²) < 4.78 is 15.3. The van der Waals surface area contributed by atoms with E-state index < -0.39 is 0 Å². The van der Waals surface area contributed by atoms with Crippen LogP contribution in [0.2, 0.25) is 0 Å². The molecule has 0 radical (unpaired) electrons. The Labute approximate surface area is 207 Å². The van der Waals surface area contributed by atoms with Gasteiger partial charge in [0.25, 0.3) is 12.7 Å². The van der Waals surface area contributed by atoms with Crippen molar-refractivity contribution in [1.29, 1.82) is 0 Å². The topological polar surface area (TPSA) is 61.0 Å². The van der Waals surface area contributed by atoms with E-state index in [2.05, 4.69) is 37.9 Å². The van der Waals surface area contributed by atoms with Crippen molar-refractivity contribution < 1.29 is 18.3 Å². The first-order valence-corrected chi connectivity index (χ1v) is 11.6. The highest BCUT2D eigenvalue weighted by molar-refractivity contribution is 4.61. The summed E-state index contributed by atoms with van der Waals surface area (Å²) in [7, 11) is 15.7. The smallest absolute Gasteiger partial charge is 0.240 e. The van der Waals surface area contributed by atoms with Gasteiger partial charge in [0.05, 0.1) is 56.4 Å². The zero-order chi connectivity index (χ0) is 26.5. The standard InChI is InChI=1S/2C5H9N2.2C4H8N3.2C3H8/c2*1-6-3-4-7(2)5-6;2*1-6-3-5-7(2)4-6;2*1-3-2/h2*3-5H,1-2H3;2*3-4H,1-2H3;2*3H2,1-2H3/q4*+1;;.